The van der Waals surface area contributed by atoms with Crippen molar-refractivity contribution in [3.63, 3.8) is 0 Å². The second-order valence-electron chi connectivity index (χ2n) is 7.99. The standard InChI is InChI=1S/C28H18Cl2N2O2/c29-20-10-5-18(6-11-20)25(33)16-34-28-24(15-31)26(19-7-12-21(30)13-8-19)23-14-9-17-3-1-2-4-22(17)27(23)32-28/h1-8,10-13H,9,14,16H2. The predicted molar refractivity (Wildman–Crippen MR) is 134 cm³/mol. The number of benzene rings is 3. The van der Waals surface area contributed by atoms with Gasteiger partial charge < -0.3 is 4.74 Å². The number of carbonyl (C=O) groups is 1. The summed E-state index contributed by atoms with van der Waals surface area (Å²) in [6.45, 7) is -0.246. The van der Waals surface area contributed by atoms with Gasteiger partial charge in [0, 0.05) is 26.7 Å². The van der Waals surface area contributed by atoms with Crippen LogP contribution in [0.4, 0.5) is 0 Å². The predicted octanol–water partition coefficient (Wildman–Crippen LogP) is 6.95. The quantitative estimate of drug-likeness (QED) is 0.287. The first-order chi connectivity index (χ1) is 16.5. The minimum atomic E-state index is -0.246. The smallest absolute Gasteiger partial charge is 0.233 e. The normalized spacial score (nSPS) is 11.8. The minimum Gasteiger partial charge on any atom is -0.468 e. The Kier molecular flexibility index (Phi) is 6.06. The molecule has 0 saturated heterocycles. The fourth-order valence-corrected chi connectivity index (χ4v) is 4.54. The van der Waals surface area contributed by atoms with Crippen molar-refractivity contribution in [1.82, 2.24) is 4.98 Å². The largest absolute Gasteiger partial charge is 0.468 e. The second-order valence-corrected chi connectivity index (χ2v) is 8.86. The van der Waals surface area contributed by atoms with Crippen LogP contribution in [-0.2, 0) is 12.8 Å². The molecule has 5 rings (SSSR count). The third-order valence-corrected chi connectivity index (χ3v) is 6.44. The molecule has 0 amide bonds. The number of hydrogen-bond donors (Lipinski definition) is 0. The molecule has 4 aromatic rings. The van der Waals surface area contributed by atoms with Gasteiger partial charge in [0.2, 0.25) is 5.88 Å². The Hall–Kier alpha value is -3.65. The van der Waals surface area contributed by atoms with Gasteiger partial charge in [0.05, 0.1) is 5.69 Å². The number of ketones is 1. The fourth-order valence-electron chi connectivity index (χ4n) is 4.29. The highest BCUT2D eigenvalue weighted by Gasteiger charge is 2.27. The van der Waals surface area contributed by atoms with Crippen molar-refractivity contribution >= 4 is 29.0 Å². The fraction of sp³-hybridized carbons (Fsp3) is 0.107. The van der Waals surface area contributed by atoms with Crippen molar-refractivity contribution in [3.05, 3.63) is 105 Å². The number of aromatic nitrogens is 1. The third-order valence-electron chi connectivity index (χ3n) is 5.93. The SMILES string of the molecule is N#Cc1c(OCC(=O)c2ccc(Cl)cc2)nc2c(c1-c1ccc(Cl)cc1)CCc1ccccc1-2. The van der Waals surface area contributed by atoms with Crippen molar-refractivity contribution in [3.8, 4) is 34.3 Å². The Morgan fingerprint density at radius 3 is 2.32 bits per heavy atom. The highest BCUT2D eigenvalue weighted by molar-refractivity contribution is 6.31. The molecule has 3 aromatic carbocycles. The zero-order valence-electron chi connectivity index (χ0n) is 18.0. The molecular weight excluding hydrogens is 467 g/mol. The molecule has 0 atom stereocenters. The molecule has 0 bridgehead atoms. The van der Waals surface area contributed by atoms with Crippen LogP contribution >= 0.6 is 23.2 Å². The molecule has 1 aliphatic rings. The van der Waals surface area contributed by atoms with Gasteiger partial charge in [0.25, 0.3) is 0 Å². The average Bonchev–Trinajstić information content (AvgIpc) is 2.87. The van der Waals surface area contributed by atoms with Crippen LogP contribution in [-0.4, -0.2) is 17.4 Å². The molecular formula is C28H18Cl2N2O2. The van der Waals surface area contributed by atoms with Gasteiger partial charge in [-0.05, 0) is 65.9 Å². The lowest BCUT2D eigenvalue weighted by Gasteiger charge is -2.24. The maximum atomic E-state index is 12.7. The minimum absolute atomic E-state index is 0.144. The van der Waals surface area contributed by atoms with E-state index in [9.17, 15) is 10.1 Å². The zero-order valence-corrected chi connectivity index (χ0v) is 19.5. The van der Waals surface area contributed by atoms with Crippen LogP contribution in [0.15, 0.2) is 72.8 Å². The van der Waals surface area contributed by atoms with E-state index in [1.807, 2.05) is 30.3 Å². The number of halogens is 2. The Morgan fingerprint density at radius 1 is 0.941 bits per heavy atom. The summed E-state index contributed by atoms with van der Waals surface area (Å²) in [6, 6.07) is 24.4. The van der Waals surface area contributed by atoms with Gasteiger partial charge in [0.1, 0.15) is 11.6 Å². The number of rotatable bonds is 5. The van der Waals surface area contributed by atoms with Crippen LogP contribution in [0, 0.1) is 11.3 Å². The lowest BCUT2D eigenvalue weighted by atomic mass is 9.83. The number of carbonyl (C=O) groups excluding carboxylic acids is 1. The van der Waals surface area contributed by atoms with Crippen molar-refractivity contribution < 1.29 is 9.53 Å². The first-order valence-electron chi connectivity index (χ1n) is 10.8. The van der Waals surface area contributed by atoms with E-state index in [4.69, 9.17) is 32.9 Å². The van der Waals surface area contributed by atoms with E-state index in [0.29, 0.717) is 21.2 Å². The molecule has 4 nitrogen and oxygen atoms in total. The second kappa shape index (κ2) is 9.30. The molecule has 0 radical (unpaired) electrons. The number of pyridine rings is 1. The molecule has 6 heteroatoms. The maximum Gasteiger partial charge on any atom is 0.233 e. The summed E-state index contributed by atoms with van der Waals surface area (Å²) in [7, 11) is 0. The number of Topliss-reactive ketones (excluding diaryl/α,β-unsaturated/α-hetero) is 1. The molecule has 0 spiro atoms. The van der Waals surface area contributed by atoms with Crippen LogP contribution in [0.5, 0.6) is 5.88 Å². The summed E-state index contributed by atoms with van der Waals surface area (Å²) < 4.78 is 5.90. The highest BCUT2D eigenvalue weighted by atomic mass is 35.5. The highest BCUT2D eigenvalue weighted by Crippen LogP contribution is 2.42. The first-order valence-corrected chi connectivity index (χ1v) is 11.5. The first kappa shape index (κ1) is 22.2. The van der Waals surface area contributed by atoms with Crippen molar-refractivity contribution in [1.29, 1.82) is 5.26 Å². The molecule has 0 saturated carbocycles. The van der Waals surface area contributed by atoms with Gasteiger partial charge in [-0.3, -0.25) is 4.79 Å². The third kappa shape index (κ3) is 4.17. The Labute approximate surface area is 207 Å². The molecule has 0 aliphatic heterocycles. The van der Waals surface area contributed by atoms with Gasteiger partial charge in [-0.25, -0.2) is 4.98 Å². The van der Waals surface area contributed by atoms with Crippen LogP contribution in [0.3, 0.4) is 0 Å². The zero-order chi connectivity index (χ0) is 23.7. The van der Waals surface area contributed by atoms with Gasteiger partial charge in [-0.1, -0.05) is 59.6 Å². The van der Waals surface area contributed by atoms with Gasteiger partial charge in [-0.2, -0.15) is 5.26 Å². The number of ether oxygens (including phenoxy) is 1. The van der Waals surface area contributed by atoms with Crippen LogP contribution < -0.4 is 4.74 Å². The van der Waals surface area contributed by atoms with Gasteiger partial charge >= 0.3 is 0 Å². The van der Waals surface area contributed by atoms with Crippen molar-refractivity contribution in [2.45, 2.75) is 12.8 Å². The number of nitriles is 1. The van der Waals surface area contributed by atoms with Crippen molar-refractivity contribution in [2.75, 3.05) is 6.61 Å². The number of aryl methyl sites for hydroxylation is 1. The van der Waals surface area contributed by atoms with Gasteiger partial charge in [-0.15, -0.1) is 0 Å². The molecule has 0 fully saturated rings. The van der Waals surface area contributed by atoms with Crippen molar-refractivity contribution in [2.24, 2.45) is 0 Å². The summed E-state index contributed by atoms with van der Waals surface area (Å²) in [5.74, 6) is -0.0845. The monoisotopic (exact) mass is 484 g/mol. The Bertz CT molecular complexity index is 1440. The van der Waals surface area contributed by atoms with E-state index in [1.165, 1.54) is 5.56 Å². The molecule has 0 N–H and O–H groups in total. The molecule has 1 aliphatic carbocycles. The van der Waals surface area contributed by atoms with E-state index in [2.05, 4.69) is 12.1 Å². The van der Waals surface area contributed by atoms with Crippen LogP contribution in [0.25, 0.3) is 22.4 Å². The molecule has 1 heterocycles. The lowest BCUT2D eigenvalue weighted by molar-refractivity contribution is 0.0918. The summed E-state index contributed by atoms with van der Waals surface area (Å²) >= 11 is 12.0. The summed E-state index contributed by atoms with van der Waals surface area (Å²) in [4.78, 5) is 17.5. The number of hydrogen-bond acceptors (Lipinski definition) is 4. The lowest BCUT2D eigenvalue weighted by Crippen LogP contribution is -2.15. The van der Waals surface area contributed by atoms with E-state index in [0.717, 1.165) is 40.8 Å². The van der Waals surface area contributed by atoms with E-state index in [1.54, 1.807) is 36.4 Å². The molecule has 0 unspecified atom stereocenters. The van der Waals surface area contributed by atoms with E-state index in [-0.39, 0.29) is 18.3 Å². The maximum absolute atomic E-state index is 12.7. The van der Waals surface area contributed by atoms with E-state index >= 15 is 0 Å². The number of nitrogens with zero attached hydrogens (tertiary/aromatic N) is 2. The molecule has 166 valence electrons. The van der Waals surface area contributed by atoms with E-state index < -0.39 is 0 Å². The summed E-state index contributed by atoms with van der Waals surface area (Å²) in [6.07, 6.45) is 1.60. The van der Waals surface area contributed by atoms with Gasteiger partial charge in [0.15, 0.2) is 12.4 Å². The summed E-state index contributed by atoms with van der Waals surface area (Å²) in [5.41, 5.74) is 6.39. The topological polar surface area (TPSA) is 63.0 Å². The number of fused-ring (bicyclic) bond motifs is 3. The molecule has 34 heavy (non-hydrogen) atoms. The molecule has 1 aromatic heterocycles. The average molecular weight is 485 g/mol. The van der Waals surface area contributed by atoms with Crippen LogP contribution in [0.2, 0.25) is 10.0 Å². The summed E-state index contributed by atoms with van der Waals surface area (Å²) in [5, 5.41) is 11.3. The van der Waals surface area contributed by atoms with Crippen LogP contribution in [0.1, 0.15) is 27.0 Å². The Balaban J connectivity index is 1.62. The Morgan fingerprint density at radius 2 is 1.62 bits per heavy atom.